The SMILES string of the molecule is Cc1cc(C)c(C)c(C(=O)[O-])c1C.Cc1cc(C)c(C)c(C(=O)[O-])c1C.[Zn+2]. The van der Waals surface area contributed by atoms with Gasteiger partial charge in [-0.2, -0.15) is 0 Å². The number of benzene rings is 2. The van der Waals surface area contributed by atoms with E-state index in [2.05, 4.69) is 0 Å². The molecule has 0 aliphatic heterocycles. The second-order valence-electron chi connectivity index (χ2n) is 6.85. The Morgan fingerprint density at radius 1 is 0.556 bits per heavy atom. The minimum Gasteiger partial charge on any atom is -0.545 e. The molecule has 27 heavy (non-hydrogen) atoms. The zero-order chi connectivity index (χ0) is 20.3. The van der Waals surface area contributed by atoms with Gasteiger partial charge in [0.1, 0.15) is 0 Å². The van der Waals surface area contributed by atoms with Crippen molar-refractivity contribution in [1.82, 2.24) is 0 Å². The van der Waals surface area contributed by atoms with E-state index in [9.17, 15) is 19.8 Å². The summed E-state index contributed by atoms with van der Waals surface area (Å²) in [7, 11) is 0. The van der Waals surface area contributed by atoms with Gasteiger partial charge in [0.15, 0.2) is 0 Å². The van der Waals surface area contributed by atoms with Crippen LogP contribution < -0.4 is 10.2 Å². The molecule has 2 rings (SSSR count). The van der Waals surface area contributed by atoms with E-state index < -0.39 is 11.9 Å². The molecule has 0 atom stereocenters. The van der Waals surface area contributed by atoms with Crippen LogP contribution in [0.25, 0.3) is 0 Å². The van der Waals surface area contributed by atoms with Crippen molar-refractivity contribution in [3.05, 3.63) is 67.8 Å². The maximum Gasteiger partial charge on any atom is 2.00 e. The van der Waals surface area contributed by atoms with E-state index in [4.69, 9.17) is 0 Å². The summed E-state index contributed by atoms with van der Waals surface area (Å²) in [6, 6.07) is 3.99. The van der Waals surface area contributed by atoms with E-state index in [0.717, 1.165) is 44.5 Å². The standard InChI is InChI=1S/2C11H14O2.Zn/c2*1-6-5-7(2)9(4)10(8(6)3)11(12)13;/h2*5H,1-4H3,(H,12,13);/q;;+2/p-2. The van der Waals surface area contributed by atoms with E-state index >= 15 is 0 Å². The molecule has 2 aromatic rings. The zero-order valence-electron chi connectivity index (χ0n) is 17.5. The summed E-state index contributed by atoms with van der Waals surface area (Å²) in [6.07, 6.45) is 0. The Labute approximate surface area is 174 Å². The van der Waals surface area contributed by atoms with Crippen molar-refractivity contribution in [2.24, 2.45) is 0 Å². The zero-order valence-corrected chi connectivity index (χ0v) is 20.5. The first-order valence-electron chi connectivity index (χ1n) is 8.47. The van der Waals surface area contributed by atoms with Crippen LogP contribution in [0.4, 0.5) is 0 Å². The van der Waals surface area contributed by atoms with Crippen molar-refractivity contribution in [3.63, 3.8) is 0 Å². The Morgan fingerprint density at radius 2 is 0.741 bits per heavy atom. The van der Waals surface area contributed by atoms with Gasteiger partial charge in [0, 0.05) is 11.1 Å². The molecule has 5 heteroatoms. The van der Waals surface area contributed by atoms with Gasteiger partial charge in [-0.3, -0.25) is 0 Å². The Balaban J connectivity index is 0.000000483. The van der Waals surface area contributed by atoms with Crippen molar-refractivity contribution in [3.8, 4) is 0 Å². The molecule has 4 nitrogen and oxygen atoms in total. The molecule has 2 aromatic carbocycles. The Morgan fingerprint density at radius 3 is 0.889 bits per heavy atom. The molecule has 0 N–H and O–H groups in total. The van der Waals surface area contributed by atoms with Crippen LogP contribution in [0.5, 0.6) is 0 Å². The molecular weight excluding hydrogens is 394 g/mol. The number of carboxylic acid groups (broad SMARTS) is 2. The molecule has 0 fully saturated rings. The molecule has 0 aliphatic carbocycles. The van der Waals surface area contributed by atoms with Crippen LogP contribution in [0.1, 0.15) is 65.2 Å². The molecule has 0 heterocycles. The van der Waals surface area contributed by atoms with Crippen LogP contribution in [0.3, 0.4) is 0 Å². The summed E-state index contributed by atoms with van der Waals surface area (Å²) >= 11 is 0. The van der Waals surface area contributed by atoms with E-state index in [1.165, 1.54) is 0 Å². The number of hydrogen-bond acceptors (Lipinski definition) is 4. The van der Waals surface area contributed by atoms with Crippen LogP contribution >= 0.6 is 0 Å². The smallest absolute Gasteiger partial charge is 0.545 e. The predicted octanol–water partition coefficient (Wildman–Crippen LogP) is 2.57. The number of carboxylic acids is 2. The average molecular weight is 420 g/mol. The van der Waals surface area contributed by atoms with Gasteiger partial charge in [-0.1, -0.05) is 12.1 Å². The Kier molecular flexibility index (Phi) is 9.07. The van der Waals surface area contributed by atoms with Crippen molar-refractivity contribution in [1.29, 1.82) is 0 Å². The third-order valence-electron chi connectivity index (χ3n) is 5.14. The van der Waals surface area contributed by atoms with Gasteiger partial charge in [-0.25, -0.2) is 0 Å². The quantitative estimate of drug-likeness (QED) is 0.701. The van der Waals surface area contributed by atoms with Crippen LogP contribution in [0, 0.1) is 55.4 Å². The molecule has 0 bridgehead atoms. The fourth-order valence-corrected chi connectivity index (χ4v) is 3.05. The Bertz CT molecular complexity index is 757. The summed E-state index contributed by atoms with van der Waals surface area (Å²) in [5.41, 5.74) is 7.93. The number of aryl methyl sites for hydroxylation is 4. The molecule has 0 unspecified atom stereocenters. The van der Waals surface area contributed by atoms with E-state index in [-0.39, 0.29) is 19.5 Å². The van der Waals surface area contributed by atoms with Crippen molar-refractivity contribution < 1.29 is 39.3 Å². The Hall–Kier alpha value is -2.00. The third kappa shape index (κ3) is 5.49. The third-order valence-corrected chi connectivity index (χ3v) is 5.14. The molecule has 0 radical (unpaired) electrons. The average Bonchev–Trinajstić information content (AvgIpc) is 2.51. The molecule has 0 amide bonds. The number of hydrogen-bond donors (Lipinski definition) is 0. The summed E-state index contributed by atoms with van der Waals surface area (Å²) in [4.78, 5) is 21.7. The fraction of sp³-hybridized carbons (Fsp3) is 0.364. The van der Waals surface area contributed by atoms with Crippen LogP contribution in [0.2, 0.25) is 0 Å². The minimum atomic E-state index is -1.08. The second kappa shape index (κ2) is 9.80. The van der Waals surface area contributed by atoms with Gasteiger partial charge in [0.05, 0.1) is 11.9 Å². The molecule has 140 valence electrons. The summed E-state index contributed by atoms with van der Waals surface area (Å²) in [5.74, 6) is -2.16. The van der Waals surface area contributed by atoms with Crippen LogP contribution in [0.15, 0.2) is 12.1 Å². The molecule has 0 spiro atoms. The van der Waals surface area contributed by atoms with Gasteiger partial charge in [-0.15, -0.1) is 0 Å². The first-order chi connectivity index (χ1) is 11.9. The number of aromatic carboxylic acids is 2. The van der Waals surface area contributed by atoms with E-state index in [0.29, 0.717) is 11.1 Å². The minimum absolute atomic E-state index is 0. The van der Waals surface area contributed by atoms with Crippen molar-refractivity contribution in [2.75, 3.05) is 0 Å². The number of carbonyl (C=O) groups excluding carboxylic acids is 2. The van der Waals surface area contributed by atoms with Gasteiger partial charge < -0.3 is 19.8 Å². The first-order valence-corrected chi connectivity index (χ1v) is 8.47. The van der Waals surface area contributed by atoms with E-state index in [1.807, 2.05) is 67.5 Å². The van der Waals surface area contributed by atoms with Gasteiger partial charge in [0.2, 0.25) is 0 Å². The molecule has 0 aliphatic rings. The van der Waals surface area contributed by atoms with Gasteiger partial charge in [-0.05, 0) is 99.9 Å². The summed E-state index contributed by atoms with van der Waals surface area (Å²) in [6.45, 7) is 14.9. The maximum atomic E-state index is 10.8. The molecule has 0 saturated heterocycles. The first kappa shape index (κ1) is 25.0. The van der Waals surface area contributed by atoms with Crippen molar-refractivity contribution in [2.45, 2.75) is 55.4 Å². The van der Waals surface area contributed by atoms with Gasteiger partial charge >= 0.3 is 19.5 Å². The normalized spacial score (nSPS) is 9.78. The van der Waals surface area contributed by atoms with Crippen molar-refractivity contribution >= 4 is 11.9 Å². The molecule has 0 aromatic heterocycles. The second-order valence-corrected chi connectivity index (χ2v) is 6.85. The topological polar surface area (TPSA) is 80.3 Å². The van der Waals surface area contributed by atoms with E-state index in [1.54, 1.807) is 0 Å². The molecule has 0 saturated carbocycles. The van der Waals surface area contributed by atoms with Crippen LogP contribution in [-0.4, -0.2) is 11.9 Å². The largest absolute Gasteiger partial charge is 2.00 e. The molecular formula is C22H26O4Zn. The predicted molar refractivity (Wildman–Crippen MR) is 99.4 cm³/mol. The maximum absolute atomic E-state index is 10.8. The summed E-state index contributed by atoms with van der Waals surface area (Å²) in [5, 5.41) is 21.7. The summed E-state index contributed by atoms with van der Waals surface area (Å²) < 4.78 is 0. The number of carbonyl (C=O) groups is 2. The van der Waals surface area contributed by atoms with Crippen LogP contribution in [-0.2, 0) is 19.5 Å². The monoisotopic (exact) mass is 418 g/mol. The number of rotatable bonds is 2. The fourth-order valence-electron chi connectivity index (χ4n) is 3.05. The van der Waals surface area contributed by atoms with Gasteiger partial charge in [0.25, 0.3) is 0 Å².